The van der Waals surface area contributed by atoms with Crippen molar-refractivity contribution in [3.8, 4) is 11.8 Å². The van der Waals surface area contributed by atoms with Crippen LogP contribution in [-0.4, -0.2) is 6.29 Å². The molecule has 0 saturated heterocycles. The van der Waals surface area contributed by atoms with Crippen molar-refractivity contribution in [3.63, 3.8) is 0 Å². The van der Waals surface area contributed by atoms with E-state index >= 15 is 0 Å². The summed E-state index contributed by atoms with van der Waals surface area (Å²) >= 11 is 0. The predicted octanol–water partition coefficient (Wildman–Crippen LogP) is 2.72. The van der Waals surface area contributed by atoms with Gasteiger partial charge in [0.05, 0.1) is 0 Å². The second-order valence-corrected chi connectivity index (χ2v) is 4.48. The highest BCUT2D eigenvalue weighted by atomic mass is 16.1. The van der Waals surface area contributed by atoms with Crippen LogP contribution in [0.1, 0.15) is 40.0 Å². The maximum Gasteiger partial charge on any atom is 0.146 e. The van der Waals surface area contributed by atoms with Gasteiger partial charge < -0.3 is 0 Å². The third-order valence-electron chi connectivity index (χ3n) is 1.99. The minimum Gasteiger partial charge on any atom is -0.298 e. The van der Waals surface area contributed by atoms with Gasteiger partial charge in [0, 0.05) is 16.6 Å². The smallest absolute Gasteiger partial charge is 0.146 e. The number of carbonyl (C=O) groups excluding carboxylic acids is 1. The predicted molar refractivity (Wildman–Crippen MR) is 54.2 cm³/mol. The number of hydrogen-bond acceptors (Lipinski definition) is 1. The first kappa shape index (κ1) is 10.1. The molecule has 0 amide bonds. The topological polar surface area (TPSA) is 17.1 Å². The summed E-state index contributed by atoms with van der Waals surface area (Å²) in [6, 6.07) is 0. The van der Waals surface area contributed by atoms with E-state index in [1.165, 1.54) is 0 Å². The molecular weight excluding hydrogens is 160 g/mol. The summed E-state index contributed by atoms with van der Waals surface area (Å²) < 4.78 is 0. The van der Waals surface area contributed by atoms with E-state index in [0.29, 0.717) is 0 Å². The molecule has 1 nitrogen and oxygen atoms in total. The van der Waals surface area contributed by atoms with Crippen molar-refractivity contribution in [1.82, 2.24) is 0 Å². The summed E-state index contributed by atoms with van der Waals surface area (Å²) in [7, 11) is 0. The van der Waals surface area contributed by atoms with Gasteiger partial charge in [-0.15, -0.1) is 0 Å². The van der Waals surface area contributed by atoms with Crippen molar-refractivity contribution in [2.75, 3.05) is 0 Å². The van der Waals surface area contributed by atoms with E-state index < -0.39 is 0 Å². The van der Waals surface area contributed by atoms with Crippen molar-refractivity contribution in [2.45, 2.75) is 40.0 Å². The van der Waals surface area contributed by atoms with Crippen LogP contribution in [0.15, 0.2) is 11.1 Å². The van der Waals surface area contributed by atoms with Gasteiger partial charge in [-0.05, 0) is 40.0 Å². The molecule has 0 aromatic carbocycles. The Labute approximate surface area is 80.2 Å². The van der Waals surface area contributed by atoms with Gasteiger partial charge in [-0.25, -0.2) is 0 Å². The maximum absolute atomic E-state index is 10.6. The van der Waals surface area contributed by atoms with Gasteiger partial charge >= 0.3 is 0 Å². The van der Waals surface area contributed by atoms with Crippen LogP contribution in [0.5, 0.6) is 0 Å². The molecule has 0 bridgehead atoms. The highest BCUT2D eigenvalue weighted by Crippen LogP contribution is 2.24. The first-order valence-electron chi connectivity index (χ1n) is 4.73. The fraction of sp³-hybridized carbons (Fsp3) is 0.583. The molecule has 0 aromatic rings. The fourth-order valence-corrected chi connectivity index (χ4v) is 1.30. The van der Waals surface area contributed by atoms with Crippen molar-refractivity contribution in [2.24, 2.45) is 5.41 Å². The van der Waals surface area contributed by atoms with Crippen LogP contribution in [0, 0.1) is 17.3 Å². The van der Waals surface area contributed by atoms with Crippen LogP contribution < -0.4 is 0 Å². The Balaban J connectivity index is 2.82. The Kier molecular flexibility index (Phi) is 2.93. The molecule has 1 aliphatic carbocycles. The molecule has 70 valence electrons. The lowest BCUT2D eigenvalue weighted by molar-refractivity contribution is -0.105. The Hall–Kier alpha value is -1.03. The van der Waals surface area contributed by atoms with Crippen LogP contribution in [0.25, 0.3) is 0 Å². The van der Waals surface area contributed by atoms with Gasteiger partial charge in [0.2, 0.25) is 0 Å². The summed E-state index contributed by atoms with van der Waals surface area (Å²) in [5.41, 5.74) is 2.01. The Morgan fingerprint density at radius 2 is 2.00 bits per heavy atom. The lowest BCUT2D eigenvalue weighted by Gasteiger charge is -2.06. The van der Waals surface area contributed by atoms with Gasteiger partial charge in [-0.3, -0.25) is 4.79 Å². The second kappa shape index (κ2) is 3.79. The lowest BCUT2D eigenvalue weighted by atomic mass is 9.97. The fourth-order valence-electron chi connectivity index (χ4n) is 1.30. The molecule has 0 spiro atoms. The largest absolute Gasteiger partial charge is 0.298 e. The van der Waals surface area contributed by atoms with Crippen molar-refractivity contribution in [3.05, 3.63) is 11.1 Å². The first-order chi connectivity index (χ1) is 6.03. The zero-order valence-electron chi connectivity index (χ0n) is 8.61. The molecule has 0 heterocycles. The molecule has 0 aromatic heterocycles. The van der Waals surface area contributed by atoms with Crippen molar-refractivity contribution in [1.29, 1.82) is 0 Å². The summed E-state index contributed by atoms with van der Waals surface area (Å²) in [5.74, 6) is 6.28. The van der Waals surface area contributed by atoms with E-state index in [9.17, 15) is 4.79 Å². The molecule has 1 rings (SSSR count). The number of carbonyl (C=O) groups is 1. The molecule has 13 heavy (non-hydrogen) atoms. The zero-order chi connectivity index (χ0) is 9.90. The molecule has 0 radical (unpaired) electrons. The minimum atomic E-state index is 0.0313. The molecule has 0 aliphatic heterocycles. The lowest BCUT2D eigenvalue weighted by Crippen LogP contribution is -1.99. The Bertz CT molecular complexity index is 291. The number of allylic oxidation sites excluding steroid dienone is 2. The zero-order valence-corrected chi connectivity index (χ0v) is 8.61. The highest BCUT2D eigenvalue weighted by Gasteiger charge is 2.12. The van der Waals surface area contributed by atoms with Crippen LogP contribution in [0.3, 0.4) is 0 Å². The summed E-state index contributed by atoms with van der Waals surface area (Å²) in [6.07, 6.45) is 3.94. The van der Waals surface area contributed by atoms with E-state index in [2.05, 4.69) is 32.6 Å². The van der Waals surface area contributed by atoms with E-state index in [1.807, 2.05) is 0 Å². The first-order valence-corrected chi connectivity index (χ1v) is 4.73. The van der Waals surface area contributed by atoms with E-state index in [-0.39, 0.29) is 5.41 Å². The average molecular weight is 176 g/mol. The number of hydrogen-bond donors (Lipinski definition) is 0. The second-order valence-electron chi connectivity index (χ2n) is 4.48. The van der Waals surface area contributed by atoms with Gasteiger partial charge in [-0.2, -0.15) is 0 Å². The standard InChI is InChI=1S/C12H16O/c1-12(2,3)8-7-10-5-4-6-11(10)9-13/h9H,4-6H2,1-3H3. The molecule has 0 atom stereocenters. The van der Waals surface area contributed by atoms with E-state index in [1.54, 1.807) is 0 Å². The van der Waals surface area contributed by atoms with Crippen LogP contribution in [0.2, 0.25) is 0 Å². The molecule has 1 heteroatoms. The number of aldehydes is 1. The molecule has 0 saturated carbocycles. The third-order valence-corrected chi connectivity index (χ3v) is 1.99. The minimum absolute atomic E-state index is 0.0313. The quantitative estimate of drug-likeness (QED) is 0.443. The summed E-state index contributed by atoms with van der Waals surface area (Å²) in [5, 5.41) is 0. The van der Waals surface area contributed by atoms with Crippen LogP contribution >= 0.6 is 0 Å². The Morgan fingerprint density at radius 1 is 1.31 bits per heavy atom. The SMILES string of the molecule is CC(C)(C)C#CC1=C(C=O)CCC1. The molecule has 0 fully saturated rings. The van der Waals surface area contributed by atoms with Crippen molar-refractivity contribution < 1.29 is 4.79 Å². The van der Waals surface area contributed by atoms with Crippen molar-refractivity contribution >= 4 is 6.29 Å². The molecule has 0 unspecified atom stereocenters. The highest BCUT2D eigenvalue weighted by molar-refractivity contribution is 5.77. The summed E-state index contributed by atoms with van der Waals surface area (Å²) in [4.78, 5) is 10.6. The molecule has 1 aliphatic rings. The van der Waals surface area contributed by atoms with Crippen LogP contribution in [-0.2, 0) is 4.79 Å². The normalized spacial score (nSPS) is 16.8. The number of rotatable bonds is 1. The van der Waals surface area contributed by atoms with Gasteiger partial charge in [0.1, 0.15) is 6.29 Å². The van der Waals surface area contributed by atoms with Crippen LogP contribution in [0.4, 0.5) is 0 Å². The van der Waals surface area contributed by atoms with Gasteiger partial charge in [-0.1, -0.05) is 11.8 Å². The summed E-state index contributed by atoms with van der Waals surface area (Å²) in [6.45, 7) is 6.24. The molecular formula is C12H16O. The van der Waals surface area contributed by atoms with E-state index in [0.717, 1.165) is 36.7 Å². The monoisotopic (exact) mass is 176 g/mol. The van der Waals surface area contributed by atoms with Gasteiger partial charge in [0.15, 0.2) is 0 Å². The van der Waals surface area contributed by atoms with Gasteiger partial charge in [0.25, 0.3) is 0 Å². The molecule has 0 N–H and O–H groups in total. The maximum atomic E-state index is 10.6. The van der Waals surface area contributed by atoms with E-state index in [4.69, 9.17) is 0 Å². The third kappa shape index (κ3) is 3.06. The average Bonchev–Trinajstić information content (AvgIpc) is 2.46. The Morgan fingerprint density at radius 3 is 2.54 bits per heavy atom.